The summed E-state index contributed by atoms with van der Waals surface area (Å²) >= 11 is 0. The van der Waals surface area contributed by atoms with Crippen molar-refractivity contribution >= 4 is 5.91 Å². The van der Waals surface area contributed by atoms with Crippen LogP contribution in [-0.4, -0.2) is 45.7 Å². The SMILES string of the molecule is CCc1nnc(C)cc1C(=O)N(C)[C@H]1CCO[C@@H]1c1cccnc1. The minimum Gasteiger partial charge on any atom is -0.371 e. The maximum atomic E-state index is 13.0. The van der Waals surface area contributed by atoms with Crippen LogP contribution in [0.5, 0.6) is 0 Å². The Morgan fingerprint density at radius 3 is 2.96 bits per heavy atom. The van der Waals surface area contributed by atoms with E-state index in [1.54, 1.807) is 17.3 Å². The van der Waals surface area contributed by atoms with E-state index in [-0.39, 0.29) is 18.1 Å². The first-order chi connectivity index (χ1) is 11.6. The molecule has 1 amide bonds. The molecule has 1 fully saturated rings. The van der Waals surface area contributed by atoms with Crippen LogP contribution in [0.2, 0.25) is 0 Å². The van der Waals surface area contributed by atoms with Crippen LogP contribution in [0.3, 0.4) is 0 Å². The predicted molar refractivity (Wildman–Crippen MR) is 89.6 cm³/mol. The third-order valence-corrected chi connectivity index (χ3v) is 4.45. The van der Waals surface area contributed by atoms with Crippen molar-refractivity contribution < 1.29 is 9.53 Å². The summed E-state index contributed by atoms with van der Waals surface area (Å²) in [6.07, 6.45) is 4.88. The number of carbonyl (C=O) groups excluding carboxylic acids is 1. The molecule has 0 spiro atoms. The van der Waals surface area contributed by atoms with Gasteiger partial charge in [0.25, 0.3) is 5.91 Å². The topological polar surface area (TPSA) is 68.2 Å². The standard InChI is InChI=1S/C18H22N4O2/c1-4-15-14(10-12(2)20-21-15)18(23)22(3)16-7-9-24-17(16)13-6-5-8-19-11-13/h5-6,8,10-11,16-17H,4,7,9H2,1-3H3/t16-,17+/m0/s1. The molecule has 0 N–H and O–H groups in total. The van der Waals surface area contributed by atoms with Gasteiger partial charge in [-0.1, -0.05) is 13.0 Å². The van der Waals surface area contributed by atoms with Crippen molar-refractivity contribution in [1.82, 2.24) is 20.1 Å². The van der Waals surface area contributed by atoms with Gasteiger partial charge in [-0.2, -0.15) is 10.2 Å². The molecule has 0 bridgehead atoms. The summed E-state index contributed by atoms with van der Waals surface area (Å²) < 4.78 is 5.88. The number of aryl methyl sites for hydroxylation is 2. The molecule has 2 aromatic rings. The summed E-state index contributed by atoms with van der Waals surface area (Å²) in [5, 5.41) is 8.22. The molecule has 2 atom stereocenters. The Kier molecular flexibility index (Phi) is 4.85. The second kappa shape index (κ2) is 7.05. The summed E-state index contributed by atoms with van der Waals surface area (Å²) in [5.74, 6) is -0.0331. The van der Waals surface area contributed by atoms with E-state index >= 15 is 0 Å². The largest absolute Gasteiger partial charge is 0.371 e. The zero-order valence-electron chi connectivity index (χ0n) is 14.3. The van der Waals surface area contributed by atoms with Gasteiger partial charge in [0.1, 0.15) is 6.10 Å². The number of likely N-dealkylation sites (N-methyl/N-ethyl adjacent to an activating group) is 1. The molecule has 0 saturated carbocycles. The third kappa shape index (κ3) is 3.14. The summed E-state index contributed by atoms with van der Waals surface area (Å²) in [6.45, 7) is 4.46. The van der Waals surface area contributed by atoms with Gasteiger partial charge >= 0.3 is 0 Å². The van der Waals surface area contributed by atoms with Crippen molar-refractivity contribution in [1.29, 1.82) is 0 Å². The van der Waals surface area contributed by atoms with E-state index in [9.17, 15) is 4.79 Å². The highest BCUT2D eigenvalue weighted by Gasteiger charge is 2.35. The fourth-order valence-corrected chi connectivity index (χ4v) is 3.14. The van der Waals surface area contributed by atoms with Crippen LogP contribution in [0.1, 0.15) is 46.8 Å². The van der Waals surface area contributed by atoms with Gasteiger partial charge in [-0.3, -0.25) is 9.78 Å². The van der Waals surface area contributed by atoms with Gasteiger partial charge in [0.2, 0.25) is 0 Å². The van der Waals surface area contributed by atoms with Gasteiger partial charge < -0.3 is 9.64 Å². The smallest absolute Gasteiger partial charge is 0.255 e. The van der Waals surface area contributed by atoms with Crippen molar-refractivity contribution in [3.63, 3.8) is 0 Å². The van der Waals surface area contributed by atoms with E-state index in [0.717, 1.165) is 23.4 Å². The molecule has 6 heteroatoms. The lowest BCUT2D eigenvalue weighted by molar-refractivity contribution is 0.0513. The second-order valence-electron chi connectivity index (χ2n) is 6.05. The van der Waals surface area contributed by atoms with Gasteiger partial charge in [-0.05, 0) is 31.9 Å². The van der Waals surface area contributed by atoms with Crippen LogP contribution < -0.4 is 0 Å². The van der Waals surface area contributed by atoms with Gasteiger partial charge in [-0.25, -0.2) is 0 Å². The maximum absolute atomic E-state index is 13.0. The van der Waals surface area contributed by atoms with Crippen LogP contribution in [0.25, 0.3) is 0 Å². The van der Waals surface area contributed by atoms with Crippen LogP contribution in [-0.2, 0) is 11.2 Å². The van der Waals surface area contributed by atoms with E-state index in [2.05, 4.69) is 15.2 Å². The number of hydrogen-bond acceptors (Lipinski definition) is 5. The molecule has 24 heavy (non-hydrogen) atoms. The number of amides is 1. The number of ether oxygens (including phenoxy) is 1. The molecule has 1 aliphatic rings. The minimum absolute atomic E-state index is 0.0140. The Bertz CT molecular complexity index is 720. The first-order valence-electron chi connectivity index (χ1n) is 8.23. The highest BCUT2D eigenvalue weighted by atomic mass is 16.5. The fourth-order valence-electron chi connectivity index (χ4n) is 3.14. The number of pyridine rings is 1. The highest BCUT2D eigenvalue weighted by molar-refractivity contribution is 5.95. The molecule has 0 aliphatic carbocycles. The molecular weight excluding hydrogens is 304 g/mol. The molecule has 1 aliphatic heterocycles. The molecule has 0 aromatic carbocycles. The molecule has 0 radical (unpaired) electrons. The van der Waals surface area contributed by atoms with Crippen LogP contribution in [0.15, 0.2) is 30.6 Å². The Morgan fingerprint density at radius 1 is 1.42 bits per heavy atom. The van der Waals surface area contributed by atoms with Crippen molar-refractivity contribution in [2.24, 2.45) is 0 Å². The van der Waals surface area contributed by atoms with Crippen molar-refractivity contribution in [2.45, 2.75) is 38.8 Å². The van der Waals surface area contributed by atoms with Gasteiger partial charge in [0.05, 0.1) is 23.0 Å². The minimum atomic E-state index is -0.145. The van der Waals surface area contributed by atoms with Gasteiger partial charge in [-0.15, -0.1) is 0 Å². The van der Waals surface area contributed by atoms with E-state index in [1.165, 1.54) is 0 Å². The first kappa shape index (κ1) is 16.5. The lowest BCUT2D eigenvalue weighted by Crippen LogP contribution is -2.39. The Balaban J connectivity index is 1.87. The van der Waals surface area contributed by atoms with Crippen LogP contribution in [0, 0.1) is 6.92 Å². The van der Waals surface area contributed by atoms with Crippen molar-refractivity contribution in [3.8, 4) is 0 Å². The lowest BCUT2D eigenvalue weighted by atomic mass is 10.0. The molecule has 3 heterocycles. The lowest BCUT2D eigenvalue weighted by Gasteiger charge is -2.29. The Hall–Kier alpha value is -2.34. The number of rotatable bonds is 4. The normalized spacial score (nSPS) is 20.1. The maximum Gasteiger partial charge on any atom is 0.255 e. The Morgan fingerprint density at radius 2 is 2.25 bits per heavy atom. The van der Waals surface area contributed by atoms with E-state index in [0.29, 0.717) is 18.6 Å². The van der Waals surface area contributed by atoms with E-state index in [4.69, 9.17) is 4.74 Å². The van der Waals surface area contributed by atoms with E-state index in [1.807, 2.05) is 39.1 Å². The predicted octanol–water partition coefficient (Wildman–Crippen LogP) is 2.34. The third-order valence-electron chi connectivity index (χ3n) is 4.45. The molecule has 6 nitrogen and oxygen atoms in total. The molecule has 0 unspecified atom stereocenters. The molecule has 126 valence electrons. The van der Waals surface area contributed by atoms with Crippen LogP contribution >= 0.6 is 0 Å². The summed E-state index contributed by atoms with van der Waals surface area (Å²) in [4.78, 5) is 19.0. The quantitative estimate of drug-likeness (QED) is 0.862. The number of carbonyl (C=O) groups is 1. The van der Waals surface area contributed by atoms with Crippen molar-refractivity contribution in [2.75, 3.05) is 13.7 Å². The summed E-state index contributed by atoms with van der Waals surface area (Å²) in [5.41, 5.74) is 3.11. The highest BCUT2D eigenvalue weighted by Crippen LogP contribution is 2.32. The molecule has 2 aromatic heterocycles. The summed E-state index contributed by atoms with van der Waals surface area (Å²) in [6, 6.07) is 5.69. The monoisotopic (exact) mass is 326 g/mol. The average molecular weight is 326 g/mol. The number of hydrogen-bond donors (Lipinski definition) is 0. The molecule has 3 rings (SSSR count). The molecular formula is C18H22N4O2. The summed E-state index contributed by atoms with van der Waals surface area (Å²) in [7, 11) is 1.83. The average Bonchev–Trinajstić information content (AvgIpc) is 3.11. The van der Waals surface area contributed by atoms with Gasteiger partial charge in [0, 0.05) is 31.6 Å². The number of nitrogens with zero attached hydrogens (tertiary/aromatic N) is 4. The first-order valence-corrected chi connectivity index (χ1v) is 8.23. The van der Waals surface area contributed by atoms with Crippen molar-refractivity contribution in [3.05, 3.63) is 53.1 Å². The zero-order chi connectivity index (χ0) is 17.1. The fraction of sp³-hybridized carbons (Fsp3) is 0.444. The second-order valence-corrected chi connectivity index (χ2v) is 6.05. The number of aromatic nitrogens is 3. The van der Waals surface area contributed by atoms with Gasteiger partial charge in [0.15, 0.2) is 0 Å². The Labute approximate surface area is 141 Å². The zero-order valence-corrected chi connectivity index (χ0v) is 14.3. The van der Waals surface area contributed by atoms with Crippen LogP contribution in [0.4, 0.5) is 0 Å². The van der Waals surface area contributed by atoms with E-state index < -0.39 is 0 Å². The molecule has 1 saturated heterocycles.